The van der Waals surface area contributed by atoms with Crippen molar-refractivity contribution in [3.05, 3.63) is 53.4 Å². The molecule has 2 rings (SSSR count). The van der Waals surface area contributed by atoms with Crippen molar-refractivity contribution in [2.45, 2.75) is 38.8 Å². The molecular formula is C15H20F2N4. The molecule has 2 aromatic rings. The molecule has 1 aromatic heterocycles. The summed E-state index contributed by atoms with van der Waals surface area (Å²) in [7, 11) is 0. The summed E-state index contributed by atoms with van der Waals surface area (Å²) in [5.41, 5.74) is 3.88. The van der Waals surface area contributed by atoms with Gasteiger partial charge >= 0.3 is 0 Å². The van der Waals surface area contributed by atoms with Crippen LogP contribution >= 0.6 is 0 Å². The smallest absolute Gasteiger partial charge is 0.126 e. The second kappa shape index (κ2) is 6.78. The first-order valence-corrected chi connectivity index (χ1v) is 6.99. The molecule has 0 radical (unpaired) electrons. The van der Waals surface area contributed by atoms with Crippen molar-refractivity contribution < 1.29 is 8.78 Å². The van der Waals surface area contributed by atoms with E-state index < -0.39 is 17.7 Å². The van der Waals surface area contributed by atoms with Crippen LogP contribution in [0.15, 0.2) is 30.5 Å². The molecule has 0 fully saturated rings. The van der Waals surface area contributed by atoms with Gasteiger partial charge < -0.3 is 0 Å². The van der Waals surface area contributed by atoms with E-state index in [4.69, 9.17) is 5.84 Å². The average Bonchev–Trinajstić information content (AvgIpc) is 2.91. The maximum absolute atomic E-state index is 13.3. The van der Waals surface area contributed by atoms with Crippen LogP contribution in [0.3, 0.4) is 0 Å². The maximum atomic E-state index is 13.3. The lowest BCUT2D eigenvalue weighted by Gasteiger charge is -2.15. The number of nitrogens with one attached hydrogen (secondary N) is 1. The van der Waals surface area contributed by atoms with Crippen LogP contribution in [0.4, 0.5) is 8.78 Å². The van der Waals surface area contributed by atoms with Crippen LogP contribution in [-0.4, -0.2) is 9.78 Å². The number of benzene rings is 1. The molecule has 0 aliphatic heterocycles. The highest BCUT2D eigenvalue weighted by Gasteiger charge is 2.15. The van der Waals surface area contributed by atoms with E-state index >= 15 is 0 Å². The molecule has 1 aromatic carbocycles. The van der Waals surface area contributed by atoms with Crippen LogP contribution in [0.2, 0.25) is 0 Å². The highest BCUT2D eigenvalue weighted by atomic mass is 19.1. The van der Waals surface area contributed by atoms with Crippen molar-refractivity contribution in [1.82, 2.24) is 15.2 Å². The summed E-state index contributed by atoms with van der Waals surface area (Å²) in [4.78, 5) is 0. The van der Waals surface area contributed by atoms with E-state index in [1.165, 1.54) is 12.1 Å². The predicted molar refractivity (Wildman–Crippen MR) is 77.4 cm³/mol. The Balaban J connectivity index is 2.17. The summed E-state index contributed by atoms with van der Waals surface area (Å²) in [5, 5.41) is 4.47. The van der Waals surface area contributed by atoms with E-state index in [1.807, 2.05) is 16.9 Å². The summed E-state index contributed by atoms with van der Waals surface area (Å²) in [6.07, 6.45) is 3.35. The fraction of sp³-hybridized carbons (Fsp3) is 0.400. The van der Waals surface area contributed by atoms with Crippen LogP contribution in [0.5, 0.6) is 0 Å². The quantitative estimate of drug-likeness (QED) is 0.636. The molecule has 0 amide bonds. The highest BCUT2D eigenvalue weighted by Crippen LogP contribution is 2.20. The molecule has 0 aliphatic carbocycles. The Labute approximate surface area is 122 Å². The van der Waals surface area contributed by atoms with E-state index in [1.54, 1.807) is 0 Å². The zero-order valence-electron chi connectivity index (χ0n) is 12.2. The SMILES string of the molecule is CCC(C)n1ccc(CC(NN)c2cc(F)cc(F)c2)n1. The number of rotatable bonds is 6. The number of hydrazine groups is 1. The number of nitrogens with zero attached hydrogens (tertiary/aromatic N) is 2. The minimum absolute atomic E-state index is 0.314. The van der Waals surface area contributed by atoms with Crippen molar-refractivity contribution in [2.75, 3.05) is 0 Å². The van der Waals surface area contributed by atoms with E-state index in [9.17, 15) is 8.78 Å². The number of nitrogens with two attached hydrogens (primary N) is 1. The second-order valence-corrected chi connectivity index (χ2v) is 5.17. The minimum Gasteiger partial charge on any atom is -0.271 e. The lowest BCUT2D eigenvalue weighted by molar-refractivity contribution is 0.466. The third kappa shape index (κ3) is 3.86. The first kappa shape index (κ1) is 15.6. The van der Waals surface area contributed by atoms with Gasteiger partial charge in [-0.1, -0.05) is 6.92 Å². The Kier molecular flexibility index (Phi) is 5.03. The topological polar surface area (TPSA) is 55.9 Å². The molecule has 21 heavy (non-hydrogen) atoms. The Bertz CT molecular complexity index is 577. The van der Waals surface area contributed by atoms with Crippen molar-refractivity contribution in [3.63, 3.8) is 0 Å². The first-order valence-electron chi connectivity index (χ1n) is 6.99. The third-order valence-electron chi connectivity index (χ3n) is 3.61. The highest BCUT2D eigenvalue weighted by molar-refractivity contribution is 5.23. The molecule has 0 aliphatic rings. The average molecular weight is 294 g/mol. The maximum Gasteiger partial charge on any atom is 0.126 e. The van der Waals surface area contributed by atoms with Crippen molar-refractivity contribution in [1.29, 1.82) is 0 Å². The van der Waals surface area contributed by atoms with Crippen molar-refractivity contribution in [2.24, 2.45) is 5.84 Å². The van der Waals surface area contributed by atoms with Gasteiger partial charge in [0.1, 0.15) is 11.6 Å². The second-order valence-electron chi connectivity index (χ2n) is 5.17. The van der Waals surface area contributed by atoms with E-state index in [2.05, 4.69) is 24.4 Å². The minimum atomic E-state index is -0.615. The van der Waals surface area contributed by atoms with Gasteiger partial charge in [-0.05, 0) is 37.1 Å². The molecule has 0 spiro atoms. The Morgan fingerprint density at radius 3 is 2.52 bits per heavy atom. The summed E-state index contributed by atoms with van der Waals surface area (Å²) in [5.74, 6) is 4.29. The van der Waals surface area contributed by atoms with Crippen LogP contribution in [0, 0.1) is 11.6 Å². The van der Waals surface area contributed by atoms with Gasteiger partial charge in [-0.25, -0.2) is 8.78 Å². The van der Waals surface area contributed by atoms with Gasteiger partial charge in [-0.3, -0.25) is 16.0 Å². The monoisotopic (exact) mass is 294 g/mol. The van der Waals surface area contributed by atoms with Gasteiger partial charge in [0.2, 0.25) is 0 Å². The summed E-state index contributed by atoms with van der Waals surface area (Å²) in [6, 6.07) is 5.21. The Morgan fingerprint density at radius 1 is 1.29 bits per heavy atom. The summed E-state index contributed by atoms with van der Waals surface area (Å²) >= 11 is 0. The fourth-order valence-electron chi connectivity index (χ4n) is 2.18. The molecule has 0 saturated heterocycles. The molecule has 0 bridgehead atoms. The van der Waals surface area contributed by atoms with E-state index in [-0.39, 0.29) is 0 Å². The lowest BCUT2D eigenvalue weighted by atomic mass is 10.0. The van der Waals surface area contributed by atoms with Crippen LogP contribution < -0.4 is 11.3 Å². The summed E-state index contributed by atoms with van der Waals surface area (Å²) < 4.78 is 28.5. The molecule has 2 unspecified atom stereocenters. The van der Waals surface area contributed by atoms with Crippen LogP contribution in [0.25, 0.3) is 0 Å². The van der Waals surface area contributed by atoms with E-state index in [0.29, 0.717) is 18.0 Å². The molecule has 1 heterocycles. The standard InChI is InChI=1S/C15H20F2N4/c1-3-10(2)21-5-4-14(20-21)9-15(19-18)11-6-12(16)8-13(17)7-11/h4-8,10,15,19H,3,9,18H2,1-2H3. The number of hydrogen-bond acceptors (Lipinski definition) is 3. The fourth-order valence-corrected chi connectivity index (χ4v) is 2.18. The Hall–Kier alpha value is -1.79. The first-order chi connectivity index (χ1) is 10.0. The molecule has 0 saturated carbocycles. The van der Waals surface area contributed by atoms with Gasteiger partial charge in [-0.15, -0.1) is 0 Å². The van der Waals surface area contributed by atoms with Crippen LogP contribution in [-0.2, 0) is 6.42 Å². The van der Waals surface area contributed by atoms with Gasteiger partial charge in [0.05, 0.1) is 11.7 Å². The summed E-state index contributed by atoms with van der Waals surface area (Å²) in [6.45, 7) is 4.17. The van der Waals surface area contributed by atoms with Crippen molar-refractivity contribution in [3.8, 4) is 0 Å². The molecule has 2 atom stereocenters. The third-order valence-corrected chi connectivity index (χ3v) is 3.61. The number of hydrogen-bond donors (Lipinski definition) is 2. The molecular weight excluding hydrogens is 274 g/mol. The molecule has 114 valence electrons. The van der Waals surface area contributed by atoms with Crippen LogP contribution in [0.1, 0.15) is 43.6 Å². The van der Waals surface area contributed by atoms with E-state index in [0.717, 1.165) is 18.2 Å². The molecule has 4 nitrogen and oxygen atoms in total. The largest absolute Gasteiger partial charge is 0.271 e. The van der Waals surface area contributed by atoms with Gasteiger partial charge in [0.15, 0.2) is 0 Å². The molecule has 3 N–H and O–H groups in total. The zero-order chi connectivity index (χ0) is 15.4. The zero-order valence-corrected chi connectivity index (χ0v) is 12.2. The molecule has 6 heteroatoms. The van der Waals surface area contributed by atoms with Gasteiger partial charge in [-0.2, -0.15) is 5.10 Å². The number of aromatic nitrogens is 2. The van der Waals surface area contributed by atoms with Crippen molar-refractivity contribution >= 4 is 0 Å². The van der Waals surface area contributed by atoms with Gasteiger partial charge in [0, 0.05) is 24.7 Å². The van der Waals surface area contributed by atoms with Gasteiger partial charge in [0.25, 0.3) is 0 Å². The lowest BCUT2D eigenvalue weighted by Crippen LogP contribution is -2.30. The predicted octanol–water partition coefficient (Wildman–Crippen LogP) is 2.88. The number of halogens is 2. The normalized spacial score (nSPS) is 14.1. The Morgan fingerprint density at radius 2 is 1.95 bits per heavy atom.